The molecule has 0 spiro atoms. The molecule has 1 amide bonds. The van der Waals surface area contributed by atoms with E-state index in [0.717, 1.165) is 38.5 Å². The van der Waals surface area contributed by atoms with E-state index in [-0.39, 0.29) is 12.8 Å². The van der Waals surface area contributed by atoms with Gasteiger partial charge in [-0.1, -0.05) is 308 Å². The van der Waals surface area contributed by atoms with Gasteiger partial charge in [0.05, 0.1) is 25.4 Å². The number of unbranched alkanes of at least 4 members (excludes halogenated alkanes) is 46. The molecule has 9 unspecified atom stereocenters. The molecular formula is C70H135NO10. The maximum atomic E-state index is 13.2. The second-order valence-corrected chi connectivity index (χ2v) is 25.0. The molecule has 1 rings (SSSR count). The van der Waals surface area contributed by atoms with E-state index >= 15 is 0 Å². The Hall–Kier alpha value is -1.41. The van der Waals surface area contributed by atoms with Gasteiger partial charge in [0.25, 0.3) is 0 Å². The van der Waals surface area contributed by atoms with E-state index in [0.29, 0.717) is 12.8 Å². The molecule has 11 nitrogen and oxygen atoms in total. The minimum atomic E-state index is -1.67. The van der Waals surface area contributed by atoms with Gasteiger partial charge >= 0.3 is 0 Å². The number of nitrogens with one attached hydrogen (secondary N) is 1. The van der Waals surface area contributed by atoms with Crippen molar-refractivity contribution < 1.29 is 50.0 Å². The Balaban J connectivity index is 2.19. The molecule has 0 saturated carbocycles. The van der Waals surface area contributed by atoms with Crippen LogP contribution in [0.5, 0.6) is 0 Å². The third-order valence-electron chi connectivity index (χ3n) is 17.2. The predicted molar refractivity (Wildman–Crippen MR) is 339 cm³/mol. The third-order valence-corrected chi connectivity index (χ3v) is 17.2. The van der Waals surface area contributed by atoms with Crippen molar-refractivity contribution >= 4 is 5.91 Å². The second-order valence-electron chi connectivity index (χ2n) is 25.0. The van der Waals surface area contributed by atoms with Gasteiger partial charge < -0.3 is 50.5 Å². The summed E-state index contributed by atoms with van der Waals surface area (Å²) >= 11 is 0. The summed E-state index contributed by atoms with van der Waals surface area (Å²) in [6.45, 7) is 3.50. The summed E-state index contributed by atoms with van der Waals surface area (Å²) in [6, 6.07) is -1.18. The number of amides is 1. The van der Waals surface area contributed by atoms with E-state index in [1.165, 1.54) is 270 Å². The highest BCUT2D eigenvalue weighted by Crippen LogP contribution is 2.24. The number of hydrogen-bond acceptors (Lipinski definition) is 10. The fourth-order valence-corrected chi connectivity index (χ4v) is 11.6. The zero-order valence-electron chi connectivity index (χ0n) is 53.0. The summed E-state index contributed by atoms with van der Waals surface area (Å²) in [6.07, 6.45) is 62.7. The van der Waals surface area contributed by atoms with Gasteiger partial charge in [-0.05, 0) is 64.2 Å². The average molecular weight is 1150 g/mol. The minimum absolute atomic E-state index is 0.257. The van der Waals surface area contributed by atoms with Gasteiger partial charge in [-0.25, -0.2) is 0 Å². The quantitative estimate of drug-likeness (QED) is 0.0215. The second kappa shape index (κ2) is 58.9. The van der Waals surface area contributed by atoms with Crippen LogP contribution in [0.1, 0.15) is 348 Å². The number of hydrogen-bond donors (Lipinski definition) is 8. The van der Waals surface area contributed by atoms with Crippen molar-refractivity contribution in [2.24, 2.45) is 0 Å². The first-order valence-corrected chi connectivity index (χ1v) is 35.2. The molecule has 0 aromatic heterocycles. The Bertz CT molecular complexity index is 1370. The van der Waals surface area contributed by atoms with Crippen LogP contribution in [0.2, 0.25) is 0 Å². The maximum absolute atomic E-state index is 13.2. The highest BCUT2D eigenvalue weighted by molar-refractivity contribution is 5.80. The molecule has 81 heavy (non-hydrogen) atoms. The normalized spacial score (nSPS) is 19.2. The molecule has 1 saturated heterocycles. The summed E-state index contributed by atoms with van der Waals surface area (Å²) in [5.74, 6) is -0.700. The van der Waals surface area contributed by atoms with Crippen LogP contribution in [0.4, 0.5) is 0 Å². The van der Waals surface area contributed by atoms with Crippen LogP contribution >= 0.6 is 0 Å². The summed E-state index contributed by atoms with van der Waals surface area (Å²) in [4.78, 5) is 13.2. The Kier molecular flexibility index (Phi) is 56.5. The van der Waals surface area contributed by atoms with Crippen LogP contribution in [0.25, 0.3) is 0 Å². The Labute approximate surface area is 499 Å². The zero-order valence-corrected chi connectivity index (χ0v) is 53.0. The molecule has 0 aliphatic carbocycles. The van der Waals surface area contributed by atoms with Crippen molar-refractivity contribution in [3.63, 3.8) is 0 Å². The van der Waals surface area contributed by atoms with Crippen LogP contribution in [0.15, 0.2) is 24.3 Å². The molecule has 480 valence electrons. The van der Waals surface area contributed by atoms with Gasteiger partial charge in [0.15, 0.2) is 6.29 Å². The Morgan fingerprint density at radius 1 is 0.420 bits per heavy atom. The van der Waals surface area contributed by atoms with E-state index in [9.17, 15) is 40.5 Å². The molecule has 9 atom stereocenters. The molecule has 8 N–H and O–H groups in total. The molecule has 1 heterocycles. The van der Waals surface area contributed by atoms with E-state index in [1.807, 2.05) is 0 Å². The Morgan fingerprint density at radius 2 is 0.728 bits per heavy atom. The molecule has 0 radical (unpaired) electrons. The summed E-state index contributed by atoms with van der Waals surface area (Å²) in [5.41, 5.74) is 0. The van der Waals surface area contributed by atoms with E-state index in [1.54, 1.807) is 0 Å². The highest BCUT2D eigenvalue weighted by atomic mass is 16.7. The Morgan fingerprint density at radius 3 is 1.06 bits per heavy atom. The highest BCUT2D eigenvalue weighted by Gasteiger charge is 2.44. The first-order chi connectivity index (χ1) is 39.7. The predicted octanol–water partition coefficient (Wildman–Crippen LogP) is 16.8. The summed E-state index contributed by atoms with van der Waals surface area (Å²) < 4.78 is 11.2. The molecule has 1 aliphatic heterocycles. The number of aliphatic hydroxyl groups is 7. The average Bonchev–Trinajstić information content (AvgIpc) is 3.51. The van der Waals surface area contributed by atoms with Crippen molar-refractivity contribution in [1.29, 1.82) is 0 Å². The number of rotatable bonds is 62. The summed E-state index contributed by atoms with van der Waals surface area (Å²) in [5, 5.41) is 76.5. The van der Waals surface area contributed by atoms with Gasteiger partial charge in [0.1, 0.15) is 36.6 Å². The lowest BCUT2D eigenvalue weighted by Crippen LogP contribution is -2.60. The largest absolute Gasteiger partial charge is 0.394 e. The van der Waals surface area contributed by atoms with Crippen LogP contribution in [-0.2, 0) is 14.3 Å². The SMILES string of the molecule is CCCCCCCCCCCCCC/C=C\CCCCCCCCCCCCCCCCCCC(O)C(=O)NC(COC1OC(CO)C(O)C(O)C1O)C(O)C(O)CCC/C=C/CCCCCCCCCCCCCCCCCCC. The number of ether oxygens (including phenoxy) is 2. The number of allylic oxidation sites excluding steroid dienone is 4. The zero-order chi connectivity index (χ0) is 58.9. The van der Waals surface area contributed by atoms with Gasteiger partial charge in [0.2, 0.25) is 5.91 Å². The molecule has 0 aromatic rings. The summed E-state index contributed by atoms with van der Waals surface area (Å²) in [7, 11) is 0. The van der Waals surface area contributed by atoms with Crippen molar-refractivity contribution in [2.45, 2.75) is 403 Å². The molecular weight excluding hydrogens is 1010 g/mol. The molecule has 1 fully saturated rings. The van der Waals surface area contributed by atoms with Gasteiger partial charge in [0, 0.05) is 0 Å². The number of carbonyl (C=O) groups excluding carboxylic acids is 1. The topological polar surface area (TPSA) is 189 Å². The van der Waals surface area contributed by atoms with Crippen LogP contribution in [-0.4, -0.2) is 110 Å². The fraction of sp³-hybridized carbons (Fsp3) is 0.929. The number of carbonyl (C=O) groups is 1. The van der Waals surface area contributed by atoms with Crippen LogP contribution < -0.4 is 5.32 Å². The van der Waals surface area contributed by atoms with Crippen LogP contribution in [0.3, 0.4) is 0 Å². The molecule has 0 bridgehead atoms. The monoisotopic (exact) mass is 1150 g/mol. The van der Waals surface area contributed by atoms with Gasteiger partial charge in [-0.15, -0.1) is 0 Å². The lowest BCUT2D eigenvalue weighted by atomic mass is 9.98. The number of aliphatic hydroxyl groups excluding tert-OH is 7. The van der Waals surface area contributed by atoms with E-state index < -0.39 is 74.2 Å². The van der Waals surface area contributed by atoms with Gasteiger partial charge in [-0.3, -0.25) is 4.79 Å². The van der Waals surface area contributed by atoms with Crippen molar-refractivity contribution in [3.8, 4) is 0 Å². The molecule has 0 aromatic carbocycles. The first kappa shape index (κ1) is 77.6. The molecule has 1 aliphatic rings. The van der Waals surface area contributed by atoms with Crippen molar-refractivity contribution in [3.05, 3.63) is 24.3 Å². The first-order valence-electron chi connectivity index (χ1n) is 35.2. The lowest BCUT2D eigenvalue weighted by Gasteiger charge is -2.40. The van der Waals surface area contributed by atoms with Gasteiger partial charge in [-0.2, -0.15) is 0 Å². The maximum Gasteiger partial charge on any atom is 0.249 e. The standard InChI is InChI=1S/C70H135NO10/c1-3-5-7-9-11-13-15-17-19-21-23-25-27-28-29-30-31-32-33-34-35-36-38-40-42-44-46-48-50-52-54-56-58-63(74)69(79)71-61(60-80-70-68(78)67(77)66(76)64(59-72)81-70)65(75)62(73)57-55-53-51-49-47-45-43-41-39-37-26-24-22-20-18-16-14-12-10-8-6-4-2/h28-29,49,51,61-68,70,72-78H,3-27,30-48,50,52-60H2,1-2H3,(H,71,79)/b29-28-,51-49+. The van der Waals surface area contributed by atoms with Crippen molar-refractivity contribution in [2.75, 3.05) is 13.2 Å². The lowest BCUT2D eigenvalue weighted by molar-refractivity contribution is -0.303. The van der Waals surface area contributed by atoms with Crippen molar-refractivity contribution in [1.82, 2.24) is 5.32 Å². The third kappa shape index (κ3) is 46.5. The molecule has 11 heteroatoms. The fourth-order valence-electron chi connectivity index (χ4n) is 11.6. The minimum Gasteiger partial charge on any atom is -0.394 e. The smallest absolute Gasteiger partial charge is 0.249 e. The van der Waals surface area contributed by atoms with E-state index in [4.69, 9.17) is 9.47 Å². The van der Waals surface area contributed by atoms with E-state index in [2.05, 4.69) is 43.5 Å². The van der Waals surface area contributed by atoms with Crippen LogP contribution in [0, 0.1) is 0 Å².